The molecule has 1 aliphatic carbocycles. The van der Waals surface area contributed by atoms with Gasteiger partial charge in [-0.15, -0.1) is 0 Å². The molecule has 0 radical (unpaired) electrons. The lowest BCUT2D eigenvalue weighted by Crippen LogP contribution is -2.32. The van der Waals surface area contributed by atoms with Crippen molar-refractivity contribution in [3.05, 3.63) is 45.8 Å². The average molecular weight is 300 g/mol. The maximum atomic E-state index is 12.6. The molecule has 0 aromatic rings. The van der Waals surface area contributed by atoms with Gasteiger partial charge in [0, 0.05) is 11.1 Å². The number of ether oxygens (including phenoxy) is 1. The molecule has 3 heteroatoms. The molecule has 2 aliphatic rings. The van der Waals surface area contributed by atoms with Crippen molar-refractivity contribution in [1.82, 2.24) is 0 Å². The number of carbonyl (C=O) groups excluding carboxylic acids is 2. The van der Waals surface area contributed by atoms with E-state index in [1.54, 1.807) is 13.0 Å². The summed E-state index contributed by atoms with van der Waals surface area (Å²) >= 11 is 0. The average Bonchev–Trinajstić information content (AvgIpc) is 2.43. The molecular formula is C19H24O3. The highest BCUT2D eigenvalue weighted by atomic mass is 16.5. The van der Waals surface area contributed by atoms with Crippen molar-refractivity contribution in [3.63, 3.8) is 0 Å². The lowest BCUT2D eigenvalue weighted by molar-refractivity contribution is -0.132. The highest BCUT2D eigenvalue weighted by Crippen LogP contribution is 2.36. The summed E-state index contributed by atoms with van der Waals surface area (Å²) in [5.41, 5.74) is 3.62. The van der Waals surface area contributed by atoms with Gasteiger partial charge in [0.05, 0.1) is 0 Å². The second kappa shape index (κ2) is 5.71. The zero-order chi connectivity index (χ0) is 16.7. The second-order valence-corrected chi connectivity index (χ2v) is 6.85. The van der Waals surface area contributed by atoms with Crippen LogP contribution in [0.1, 0.15) is 54.4 Å². The molecule has 118 valence electrons. The maximum Gasteiger partial charge on any atom is 0.232 e. The Morgan fingerprint density at radius 3 is 2.05 bits per heavy atom. The smallest absolute Gasteiger partial charge is 0.232 e. The zero-order valence-corrected chi connectivity index (χ0v) is 14.3. The van der Waals surface area contributed by atoms with Gasteiger partial charge in [0.25, 0.3) is 0 Å². The van der Waals surface area contributed by atoms with Gasteiger partial charge in [0.15, 0.2) is 0 Å². The molecule has 0 aromatic heterocycles. The third kappa shape index (κ3) is 3.13. The Kier molecular flexibility index (Phi) is 4.28. The number of Topliss-reactive ketones (excluding diaryl/α,β-unsaturated/α-hetero) is 2. The summed E-state index contributed by atoms with van der Waals surface area (Å²) in [5, 5.41) is 0. The molecule has 0 atom stereocenters. The molecule has 2 rings (SSSR count). The first kappa shape index (κ1) is 16.5. The minimum absolute atomic E-state index is 0.321. The Morgan fingerprint density at radius 1 is 0.909 bits per heavy atom. The van der Waals surface area contributed by atoms with E-state index in [1.807, 2.05) is 40.7 Å². The third-order valence-electron chi connectivity index (χ3n) is 4.31. The Bertz CT molecular complexity index is 667. The molecule has 0 amide bonds. The van der Waals surface area contributed by atoms with E-state index in [9.17, 15) is 9.59 Å². The largest absolute Gasteiger partial charge is 0.487 e. The van der Waals surface area contributed by atoms with Crippen molar-refractivity contribution in [2.45, 2.75) is 60.0 Å². The SMILES string of the molecule is CC1=C(C)/C=C(\C)C2=C(CCC(C)(C)O2)C(=O)C(=O)\C(C)=C\1. The van der Waals surface area contributed by atoms with Crippen molar-refractivity contribution in [1.29, 1.82) is 0 Å². The van der Waals surface area contributed by atoms with Gasteiger partial charge in [-0.1, -0.05) is 12.2 Å². The van der Waals surface area contributed by atoms with Crippen LogP contribution in [0.2, 0.25) is 0 Å². The molecule has 0 fully saturated rings. The van der Waals surface area contributed by atoms with E-state index >= 15 is 0 Å². The van der Waals surface area contributed by atoms with Crippen molar-refractivity contribution < 1.29 is 14.3 Å². The minimum atomic E-state index is -0.433. The number of hydrogen-bond acceptors (Lipinski definition) is 3. The van der Waals surface area contributed by atoms with Crippen molar-refractivity contribution >= 4 is 11.6 Å². The summed E-state index contributed by atoms with van der Waals surface area (Å²) in [6, 6.07) is 0. The summed E-state index contributed by atoms with van der Waals surface area (Å²) in [7, 11) is 0. The molecule has 0 N–H and O–H groups in total. The molecular weight excluding hydrogens is 276 g/mol. The Morgan fingerprint density at radius 2 is 1.45 bits per heavy atom. The molecule has 0 bridgehead atoms. The second-order valence-electron chi connectivity index (χ2n) is 6.85. The van der Waals surface area contributed by atoms with Crippen molar-refractivity contribution in [2.75, 3.05) is 0 Å². The van der Waals surface area contributed by atoms with Crippen LogP contribution in [0.5, 0.6) is 0 Å². The zero-order valence-electron chi connectivity index (χ0n) is 14.3. The summed E-state index contributed by atoms with van der Waals surface area (Å²) in [6.45, 7) is 11.6. The quantitative estimate of drug-likeness (QED) is 0.629. The summed E-state index contributed by atoms with van der Waals surface area (Å²) in [4.78, 5) is 25.0. The summed E-state index contributed by atoms with van der Waals surface area (Å²) in [6.07, 6.45) is 5.12. The topological polar surface area (TPSA) is 43.4 Å². The van der Waals surface area contributed by atoms with Crippen LogP contribution in [-0.2, 0) is 14.3 Å². The number of allylic oxidation sites excluding steroid dienone is 7. The van der Waals surface area contributed by atoms with Gasteiger partial charge in [-0.25, -0.2) is 0 Å². The minimum Gasteiger partial charge on any atom is -0.487 e. The first-order valence-corrected chi connectivity index (χ1v) is 7.68. The first-order valence-electron chi connectivity index (χ1n) is 7.68. The van der Waals surface area contributed by atoms with Crippen LogP contribution >= 0.6 is 0 Å². The van der Waals surface area contributed by atoms with Crippen LogP contribution in [0.4, 0.5) is 0 Å². The number of hydrogen-bond donors (Lipinski definition) is 0. The number of carbonyl (C=O) groups is 2. The number of ketones is 2. The Labute approximate surface area is 132 Å². The lowest BCUT2D eigenvalue weighted by atomic mass is 9.87. The van der Waals surface area contributed by atoms with Gasteiger partial charge >= 0.3 is 0 Å². The fourth-order valence-electron chi connectivity index (χ4n) is 2.79. The fourth-order valence-corrected chi connectivity index (χ4v) is 2.79. The van der Waals surface area contributed by atoms with E-state index in [0.29, 0.717) is 23.3 Å². The van der Waals surface area contributed by atoms with Gasteiger partial charge in [-0.05, 0) is 71.1 Å². The number of rotatable bonds is 0. The van der Waals surface area contributed by atoms with Gasteiger partial charge in [0.1, 0.15) is 11.4 Å². The van der Waals surface area contributed by atoms with E-state index in [1.165, 1.54) is 0 Å². The predicted molar refractivity (Wildman–Crippen MR) is 87.3 cm³/mol. The first-order chi connectivity index (χ1) is 10.1. The summed E-state index contributed by atoms with van der Waals surface area (Å²) in [5.74, 6) is -0.284. The van der Waals surface area contributed by atoms with E-state index in [0.717, 1.165) is 23.1 Å². The van der Waals surface area contributed by atoms with Gasteiger partial charge in [-0.2, -0.15) is 0 Å². The predicted octanol–water partition coefficient (Wildman–Crippen LogP) is 4.21. The van der Waals surface area contributed by atoms with Crippen molar-refractivity contribution in [3.8, 4) is 0 Å². The van der Waals surface area contributed by atoms with E-state index in [-0.39, 0.29) is 5.60 Å². The molecule has 0 spiro atoms. The van der Waals surface area contributed by atoms with E-state index < -0.39 is 11.6 Å². The van der Waals surface area contributed by atoms with Gasteiger partial charge in [0.2, 0.25) is 11.6 Å². The molecule has 0 aromatic carbocycles. The fraction of sp³-hybridized carbons (Fsp3) is 0.474. The van der Waals surface area contributed by atoms with E-state index in [2.05, 4.69) is 0 Å². The molecule has 22 heavy (non-hydrogen) atoms. The monoisotopic (exact) mass is 300 g/mol. The molecule has 0 unspecified atom stereocenters. The molecule has 1 aliphatic heterocycles. The van der Waals surface area contributed by atoms with Crippen LogP contribution in [0.25, 0.3) is 0 Å². The lowest BCUT2D eigenvalue weighted by Gasteiger charge is -2.34. The Balaban J connectivity index is 2.69. The van der Waals surface area contributed by atoms with Crippen LogP contribution in [0.3, 0.4) is 0 Å². The molecule has 1 heterocycles. The molecule has 3 nitrogen and oxygen atoms in total. The van der Waals surface area contributed by atoms with Crippen LogP contribution < -0.4 is 0 Å². The van der Waals surface area contributed by atoms with E-state index in [4.69, 9.17) is 4.74 Å². The highest BCUT2D eigenvalue weighted by Gasteiger charge is 2.34. The molecule has 0 saturated heterocycles. The van der Waals surface area contributed by atoms with Gasteiger partial charge < -0.3 is 4.74 Å². The van der Waals surface area contributed by atoms with Crippen LogP contribution in [-0.4, -0.2) is 17.2 Å². The van der Waals surface area contributed by atoms with Crippen molar-refractivity contribution in [2.24, 2.45) is 0 Å². The third-order valence-corrected chi connectivity index (χ3v) is 4.31. The normalized spacial score (nSPS) is 30.8. The standard InChI is InChI=1S/C19H24O3/c1-11-9-13(3)16(20)17(21)15-7-8-19(5,6)22-18(15)14(4)10-12(11)2/h9-10H,7-8H2,1-6H3/b12-11-,13-9+,14-10+. The van der Waals surface area contributed by atoms with Gasteiger partial charge in [-0.3, -0.25) is 9.59 Å². The maximum absolute atomic E-state index is 12.6. The van der Waals surface area contributed by atoms with Crippen LogP contribution in [0, 0.1) is 0 Å². The molecule has 0 saturated carbocycles. The summed E-state index contributed by atoms with van der Waals surface area (Å²) < 4.78 is 6.06. The van der Waals surface area contributed by atoms with Crippen LogP contribution in [0.15, 0.2) is 45.8 Å². The highest BCUT2D eigenvalue weighted by molar-refractivity contribution is 6.49. The Hall–Kier alpha value is -1.90.